The molecule has 0 radical (unpaired) electrons. The van der Waals surface area contributed by atoms with Crippen molar-refractivity contribution in [2.75, 3.05) is 0 Å². The molecular weight excluding hydrogens is 192 g/mol. The van der Waals surface area contributed by atoms with Crippen LogP contribution in [-0.4, -0.2) is 20.9 Å². The van der Waals surface area contributed by atoms with Gasteiger partial charge in [0.1, 0.15) is 5.69 Å². The quantitative estimate of drug-likeness (QED) is 0.831. The molecule has 1 atom stereocenters. The number of nitrogens with zero attached hydrogens (tertiary/aromatic N) is 2. The van der Waals surface area contributed by atoms with Crippen LogP contribution in [0.3, 0.4) is 0 Å². The number of rotatable bonds is 4. The van der Waals surface area contributed by atoms with Crippen LogP contribution in [0.5, 0.6) is 0 Å². The summed E-state index contributed by atoms with van der Waals surface area (Å²) in [5.41, 5.74) is 1.14. The van der Waals surface area contributed by atoms with Gasteiger partial charge < -0.3 is 5.11 Å². The predicted molar refractivity (Wildman–Crippen MR) is 58.3 cm³/mol. The molecule has 0 amide bonds. The Morgan fingerprint density at radius 2 is 2.13 bits per heavy atom. The summed E-state index contributed by atoms with van der Waals surface area (Å²) < 4.78 is 1.57. The highest BCUT2D eigenvalue weighted by molar-refractivity contribution is 5.85. The molecule has 1 aromatic rings. The van der Waals surface area contributed by atoms with Crippen LogP contribution < -0.4 is 0 Å². The summed E-state index contributed by atoms with van der Waals surface area (Å²) in [6.45, 7) is 7.98. The highest BCUT2D eigenvalue weighted by Gasteiger charge is 2.18. The van der Waals surface area contributed by atoms with Gasteiger partial charge in [0.25, 0.3) is 0 Å². The molecule has 0 fully saturated rings. The van der Waals surface area contributed by atoms with Crippen molar-refractivity contribution in [1.82, 2.24) is 9.78 Å². The summed E-state index contributed by atoms with van der Waals surface area (Å²) in [7, 11) is 0. The summed E-state index contributed by atoms with van der Waals surface area (Å²) in [5, 5.41) is 13.4. The molecule has 0 bridgehead atoms. The smallest absolute Gasteiger partial charge is 0.354 e. The maximum absolute atomic E-state index is 11.0. The number of aromatic carboxylic acids is 1. The minimum absolute atomic E-state index is 0.0777. The van der Waals surface area contributed by atoms with Crippen LogP contribution in [-0.2, 0) is 0 Å². The monoisotopic (exact) mass is 210 g/mol. The third-order valence-corrected chi connectivity index (χ3v) is 2.58. The zero-order valence-corrected chi connectivity index (χ0v) is 9.69. The van der Waals surface area contributed by atoms with E-state index in [0.29, 0.717) is 5.92 Å². The van der Waals surface area contributed by atoms with Crippen LogP contribution in [0.1, 0.15) is 62.3 Å². The summed E-state index contributed by atoms with van der Waals surface area (Å²) in [5.74, 6) is -0.603. The molecule has 0 aromatic carbocycles. The first kappa shape index (κ1) is 11.8. The van der Waals surface area contributed by atoms with Gasteiger partial charge >= 0.3 is 5.97 Å². The number of hydrogen-bond donors (Lipinski definition) is 1. The molecule has 1 aromatic heterocycles. The van der Waals surface area contributed by atoms with Gasteiger partial charge in [0.15, 0.2) is 0 Å². The number of carboxylic acid groups (broad SMARTS) is 1. The molecular formula is C11H18N2O2. The highest BCUT2D eigenvalue weighted by atomic mass is 16.4. The first-order valence-corrected chi connectivity index (χ1v) is 5.30. The molecule has 4 nitrogen and oxygen atoms in total. The van der Waals surface area contributed by atoms with Crippen LogP contribution in [0.25, 0.3) is 0 Å². The van der Waals surface area contributed by atoms with Crippen molar-refractivity contribution in [3.8, 4) is 0 Å². The van der Waals surface area contributed by atoms with E-state index in [0.717, 1.165) is 12.1 Å². The number of carbonyl (C=O) groups is 1. The van der Waals surface area contributed by atoms with Gasteiger partial charge in [-0.1, -0.05) is 13.8 Å². The molecule has 84 valence electrons. The summed E-state index contributed by atoms with van der Waals surface area (Å²) >= 11 is 0. The number of hydrogen-bond acceptors (Lipinski definition) is 2. The predicted octanol–water partition coefficient (Wildman–Crippen LogP) is 2.68. The zero-order chi connectivity index (χ0) is 11.6. The lowest BCUT2D eigenvalue weighted by atomic mass is 10.1. The Bertz CT molecular complexity index is 355. The molecule has 0 aliphatic carbocycles. The average Bonchev–Trinajstić information content (AvgIpc) is 2.61. The fraction of sp³-hybridized carbons (Fsp3) is 0.636. The first-order chi connectivity index (χ1) is 6.97. The van der Waals surface area contributed by atoms with Crippen molar-refractivity contribution < 1.29 is 9.90 Å². The summed E-state index contributed by atoms with van der Waals surface area (Å²) in [6.07, 6.45) is 0.966. The van der Waals surface area contributed by atoms with E-state index in [1.807, 2.05) is 13.8 Å². The topological polar surface area (TPSA) is 55.1 Å². The van der Waals surface area contributed by atoms with Gasteiger partial charge in [0, 0.05) is 6.04 Å². The highest BCUT2D eigenvalue weighted by Crippen LogP contribution is 2.20. The molecule has 1 heterocycles. The molecule has 0 saturated heterocycles. The van der Waals surface area contributed by atoms with E-state index in [4.69, 9.17) is 5.11 Å². The number of aromatic nitrogens is 2. The van der Waals surface area contributed by atoms with Crippen molar-refractivity contribution in [3.05, 3.63) is 17.5 Å². The van der Waals surface area contributed by atoms with Crippen LogP contribution in [0, 0.1) is 0 Å². The molecule has 1 rings (SSSR count). The molecule has 0 aliphatic heterocycles. The lowest BCUT2D eigenvalue weighted by molar-refractivity contribution is 0.0681. The normalized spacial score (nSPS) is 13.1. The van der Waals surface area contributed by atoms with E-state index >= 15 is 0 Å². The second kappa shape index (κ2) is 4.47. The van der Waals surface area contributed by atoms with Crippen LogP contribution >= 0.6 is 0 Å². The Morgan fingerprint density at radius 3 is 2.47 bits per heavy atom. The summed E-state index contributed by atoms with van der Waals surface area (Å²) in [6, 6.07) is 1.75. The van der Waals surface area contributed by atoms with Gasteiger partial charge in [-0.05, 0) is 32.3 Å². The SMILES string of the molecule is CCC(C)c1cc(C(=O)O)n(C(C)C)n1. The van der Waals surface area contributed by atoms with Crippen molar-refractivity contribution in [2.45, 2.75) is 46.1 Å². The molecule has 1 N–H and O–H groups in total. The van der Waals surface area contributed by atoms with Gasteiger partial charge in [-0.2, -0.15) is 5.10 Å². The lowest BCUT2D eigenvalue weighted by Crippen LogP contribution is -2.12. The molecule has 0 spiro atoms. The minimum Gasteiger partial charge on any atom is -0.477 e. The first-order valence-electron chi connectivity index (χ1n) is 5.30. The third-order valence-electron chi connectivity index (χ3n) is 2.58. The standard InChI is InChI=1S/C11H18N2O2/c1-5-8(4)9-6-10(11(14)15)13(12-9)7(2)3/h6-8H,5H2,1-4H3,(H,14,15). The van der Waals surface area contributed by atoms with E-state index in [2.05, 4.69) is 18.9 Å². The van der Waals surface area contributed by atoms with E-state index in [9.17, 15) is 4.79 Å². The fourth-order valence-electron chi connectivity index (χ4n) is 1.42. The van der Waals surface area contributed by atoms with Crippen LogP contribution in [0.15, 0.2) is 6.07 Å². The molecule has 1 unspecified atom stereocenters. The second-order valence-corrected chi connectivity index (χ2v) is 4.11. The van der Waals surface area contributed by atoms with Gasteiger partial charge in [0.05, 0.1) is 5.69 Å². The molecule has 0 aliphatic rings. The van der Waals surface area contributed by atoms with Crippen LogP contribution in [0.2, 0.25) is 0 Å². The van der Waals surface area contributed by atoms with Crippen molar-refractivity contribution in [3.63, 3.8) is 0 Å². The maximum Gasteiger partial charge on any atom is 0.354 e. The van der Waals surface area contributed by atoms with Gasteiger partial charge in [0.2, 0.25) is 0 Å². The van der Waals surface area contributed by atoms with E-state index in [1.54, 1.807) is 10.7 Å². The van der Waals surface area contributed by atoms with Gasteiger partial charge in [-0.3, -0.25) is 4.68 Å². The Kier molecular flexibility index (Phi) is 3.50. The Morgan fingerprint density at radius 1 is 1.53 bits per heavy atom. The van der Waals surface area contributed by atoms with Crippen molar-refractivity contribution >= 4 is 5.97 Å². The Hall–Kier alpha value is -1.32. The van der Waals surface area contributed by atoms with Gasteiger partial charge in [-0.25, -0.2) is 4.79 Å². The Labute approximate surface area is 89.9 Å². The zero-order valence-electron chi connectivity index (χ0n) is 9.69. The largest absolute Gasteiger partial charge is 0.477 e. The third kappa shape index (κ3) is 2.37. The van der Waals surface area contributed by atoms with E-state index < -0.39 is 5.97 Å². The molecule has 15 heavy (non-hydrogen) atoms. The van der Waals surface area contributed by atoms with Crippen LogP contribution in [0.4, 0.5) is 0 Å². The van der Waals surface area contributed by atoms with Crippen molar-refractivity contribution in [2.24, 2.45) is 0 Å². The summed E-state index contributed by atoms with van der Waals surface area (Å²) in [4.78, 5) is 11.0. The lowest BCUT2D eigenvalue weighted by Gasteiger charge is -2.08. The molecule has 4 heteroatoms. The fourth-order valence-corrected chi connectivity index (χ4v) is 1.42. The van der Waals surface area contributed by atoms with Crippen molar-refractivity contribution in [1.29, 1.82) is 0 Å². The average molecular weight is 210 g/mol. The van der Waals surface area contributed by atoms with Gasteiger partial charge in [-0.15, -0.1) is 0 Å². The Balaban J connectivity index is 3.15. The number of carboxylic acids is 1. The minimum atomic E-state index is -0.911. The second-order valence-electron chi connectivity index (χ2n) is 4.11. The molecule has 0 saturated carbocycles. The maximum atomic E-state index is 11.0. The van der Waals surface area contributed by atoms with E-state index in [-0.39, 0.29) is 11.7 Å². The van der Waals surface area contributed by atoms with E-state index in [1.165, 1.54) is 0 Å².